The van der Waals surface area contributed by atoms with Crippen molar-refractivity contribution in [1.82, 2.24) is 15.7 Å². The van der Waals surface area contributed by atoms with E-state index < -0.39 is 43.9 Å². The summed E-state index contributed by atoms with van der Waals surface area (Å²) in [5.74, 6) is -2.28. The molecule has 3 N–H and O–H groups in total. The molecule has 0 heterocycles. The normalized spacial score (nSPS) is 14.1. The van der Waals surface area contributed by atoms with Crippen LogP contribution in [0.5, 0.6) is 0 Å². The Bertz CT molecular complexity index is 753. The van der Waals surface area contributed by atoms with E-state index in [1.165, 1.54) is 6.92 Å². The van der Waals surface area contributed by atoms with Crippen molar-refractivity contribution in [3.63, 3.8) is 0 Å². The molecule has 13 heteroatoms. The molecule has 3 atom stereocenters. The van der Waals surface area contributed by atoms with Crippen LogP contribution < -0.4 is 63.4 Å². The molecule has 2 amide bonds. The molecule has 0 radical (unpaired) electrons. The molecule has 0 saturated heterocycles. The second-order valence-corrected chi connectivity index (χ2v) is 8.85. The molecule has 31 heavy (non-hydrogen) atoms. The Hall–Kier alpha value is -1.23. The van der Waals surface area contributed by atoms with E-state index in [1.807, 2.05) is 0 Å². The first-order valence-corrected chi connectivity index (χ1v) is 10.8. The van der Waals surface area contributed by atoms with Crippen LogP contribution in [0.4, 0.5) is 4.79 Å². The fourth-order valence-corrected chi connectivity index (χ4v) is 3.46. The molecule has 0 spiro atoms. The number of aliphatic carboxylic acids is 1. The number of carbonyl (C=O) groups excluding carboxylic acids is 3. The summed E-state index contributed by atoms with van der Waals surface area (Å²) in [4.78, 5) is 46.9. The first kappa shape index (κ1) is 32.0. The van der Waals surface area contributed by atoms with Crippen molar-refractivity contribution >= 4 is 25.5 Å². The summed E-state index contributed by atoms with van der Waals surface area (Å²) in [6.45, 7) is 4.79. The van der Waals surface area contributed by atoms with Crippen molar-refractivity contribution in [1.29, 1.82) is 0 Å². The number of carboxylic acids is 1. The molecule has 10 nitrogen and oxygen atoms in total. The van der Waals surface area contributed by atoms with E-state index in [2.05, 4.69) is 15.7 Å². The van der Waals surface area contributed by atoms with Gasteiger partial charge in [0.25, 0.3) is 0 Å². The Morgan fingerprint density at radius 2 is 1.68 bits per heavy atom. The predicted molar refractivity (Wildman–Crippen MR) is 101 cm³/mol. The van der Waals surface area contributed by atoms with E-state index in [1.54, 1.807) is 44.2 Å². The maximum atomic E-state index is 12.1. The monoisotopic (exact) mass is 441 g/mol. The Kier molecular flexibility index (Phi) is 16.0. The minimum atomic E-state index is -4.38. The number of alkyl carbamates (subject to hydrolysis) is 1. The topological polar surface area (TPSA) is 160 Å². The molecule has 0 saturated carbocycles. The number of amides is 2. The molecule has 1 rings (SSSR count). The van der Waals surface area contributed by atoms with E-state index >= 15 is 0 Å². The van der Waals surface area contributed by atoms with Gasteiger partial charge in [0, 0.05) is 0 Å². The zero-order chi connectivity index (χ0) is 22.0. The van der Waals surface area contributed by atoms with Gasteiger partial charge in [0.1, 0.15) is 6.61 Å². The number of carbonyl (C=O) groups is 3. The number of rotatable bonds is 11. The van der Waals surface area contributed by atoms with Crippen LogP contribution in [0.3, 0.4) is 0 Å². The third-order valence-electron chi connectivity index (χ3n) is 3.74. The van der Waals surface area contributed by atoms with Crippen molar-refractivity contribution in [3.05, 3.63) is 35.9 Å². The standard InChI is InChI=1S/C18H28N3O7P.2Li/c1-12(2)9-15(17(23)24)20-16(22)13(3)21-29(26,27)11-19-18(25)28-10-14-7-5-4-6-8-14;;/h4-8,12-13,15H,9-11H2,1-3H3,(H,19,25)(H,20,22)(H,23,24)(H2,21,26,27);;/q;2*+1/p-2/t13-,15-;;/m0../s1. The van der Waals surface area contributed by atoms with Crippen LogP contribution in [0, 0.1) is 5.92 Å². The molecule has 1 aromatic carbocycles. The fourth-order valence-electron chi connectivity index (χ4n) is 2.32. The Morgan fingerprint density at radius 1 is 1.10 bits per heavy atom. The van der Waals surface area contributed by atoms with Gasteiger partial charge in [-0.3, -0.25) is 9.88 Å². The van der Waals surface area contributed by atoms with Gasteiger partial charge < -0.3 is 34.7 Å². The third kappa shape index (κ3) is 13.7. The van der Waals surface area contributed by atoms with Crippen LogP contribution in [0.15, 0.2) is 30.3 Å². The van der Waals surface area contributed by atoms with Gasteiger partial charge in [-0.25, -0.2) is 4.79 Å². The van der Waals surface area contributed by atoms with E-state index in [9.17, 15) is 28.9 Å². The molecule has 1 aromatic rings. The van der Waals surface area contributed by atoms with Crippen molar-refractivity contribution in [2.45, 2.75) is 45.9 Å². The minimum absolute atomic E-state index is 0. The second kappa shape index (κ2) is 15.6. The van der Waals surface area contributed by atoms with Crippen LogP contribution >= 0.6 is 7.52 Å². The van der Waals surface area contributed by atoms with Crippen LogP contribution in [0.2, 0.25) is 0 Å². The number of ether oxygens (including phenoxy) is 1. The summed E-state index contributed by atoms with van der Waals surface area (Å²) < 4.78 is 17.0. The van der Waals surface area contributed by atoms with Gasteiger partial charge in [-0.15, -0.1) is 0 Å². The van der Waals surface area contributed by atoms with Crippen molar-refractivity contribution in [2.75, 3.05) is 6.29 Å². The van der Waals surface area contributed by atoms with Gasteiger partial charge in [0.2, 0.25) is 5.91 Å². The van der Waals surface area contributed by atoms with Gasteiger partial charge >= 0.3 is 43.8 Å². The first-order chi connectivity index (χ1) is 13.5. The number of benzene rings is 1. The van der Waals surface area contributed by atoms with E-state index in [0.717, 1.165) is 5.56 Å². The molecular formula is C18H26Li2N3O7P. The average molecular weight is 441 g/mol. The summed E-state index contributed by atoms with van der Waals surface area (Å²) in [7, 11) is -4.38. The first-order valence-electron chi connectivity index (χ1n) is 9.04. The summed E-state index contributed by atoms with van der Waals surface area (Å²) in [6.07, 6.45) is -1.57. The molecule has 0 aliphatic heterocycles. The van der Waals surface area contributed by atoms with Gasteiger partial charge in [0.05, 0.1) is 31.9 Å². The third-order valence-corrected chi connectivity index (χ3v) is 5.09. The van der Waals surface area contributed by atoms with Crippen molar-refractivity contribution < 1.29 is 71.4 Å². The van der Waals surface area contributed by atoms with E-state index in [0.29, 0.717) is 0 Å². The Labute approximate surface area is 206 Å². The van der Waals surface area contributed by atoms with Crippen molar-refractivity contribution in [3.8, 4) is 0 Å². The zero-order valence-corrected chi connectivity index (χ0v) is 19.4. The van der Waals surface area contributed by atoms with Gasteiger partial charge in [-0.05, 0) is 24.8 Å². The molecule has 0 aromatic heterocycles. The van der Waals surface area contributed by atoms with Crippen LogP contribution in [-0.4, -0.2) is 36.3 Å². The molecule has 0 fully saturated rings. The van der Waals surface area contributed by atoms with Gasteiger partial charge in [-0.1, -0.05) is 44.2 Å². The smallest absolute Gasteiger partial charge is 0.787 e. The number of hydrogen-bond acceptors (Lipinski definition) is 7. The molecule has 0 bridgehead atoms. The fraction of sp³-hybridized carbons (Fsp3) is 0.500. The average Bonchev–Trinajstić information content (AvgIpc) is 2.64. The predicted octanol–water partition coefficient (Wildman–Crippen LogP) is -6.31. The van der Waals surface area contributed by atoms with Crippen LogP contribution in [-0.2, 0) is 25.5 Å². The number of nitrogens with one attached hydrogen (secondary N) is 3. The van der Waals surface area contributed by atoms with Crippen molar-refractivity contribution in [2.24, 2.45) is 5.92 Å². The molecular weight excluding hydrogens is 415 g/mol. The SMILES string of the molecule is CC(C)C[C@H](NC(=O)[C@H](C)NP(=O)([O-])CNC(=O)OCc1ccccc1)C(=O)[O-].[Li+].[Li+]. The zero-order valence-electron chi connectivity index (χ0n) is 18.5. The van der Waals surface area contributed by atoms with Crippen LogP contribution in [0.1, 0.15) is 32.8 Å². The Balaban J connectivity index is 0. The molecule has 0 aliphatic carbocycles. The number of hydrogen-bond donors (Lipinski definition) is 3. The maximum absolute atomic E-state index is 12.1. The van der Waals surface area contributed by atoms with Gasteiger partial charge in [0.15, 0.2) is 0 Å². The van der Waals surface area contributed by atoms with E-state index in [4.69, 9.17) is 4.74 Å². The summed E-state index contributed by atoms with van der Waals surface area (Å²) >= 11 is 0. The quantitative estimate of drug-likeness (QED) is 0.226. The number of carboxylic acid groups (broad SMARTS) is 1. The second-order valence-electron chi connectivity index (χ2n) is 6.93. The van der Waals surface area contributed by atoms with E-state index in [-0.39, 0.29) is 56.7 Å². The summed E-state index contributed by atoms with van der Waals surface area (Å²) in [5.41, 5.74) is 0.736. The Morgan fingerprint density at radius 3 is 2.19 bits per heavy atom. The summed E-state index contributed by atoms with van der Waals surface area (Å²) in [6, 6.07) is 6.35. The molecule has 162 valence electrons. The minimum Gasteiger partial charge on any atom is -0.787 e. The largest absolute Gasteiger partial charge is 1.00 e. The molecule has 1 unspecified atom stereocenters. The summed E-state index contributed by atoms with van der Waals surface area (Å²) in [5, 5.41) is 17.5. The van der Waals surface area contributed by atoms with Crippen LogP contribution in [0.25, 0.3) is 0 Å². The maximum Gasteiger partial charge on any atom is 1.00 e. The van der Waals surface area contributed by atoms with Gasteiger partial charge in [-0.2, -0.15) is 0 Å². The molecule has 0 aliphatic rings.